The molecule has 1 amide bonds. The Morgan fingerprint density at radius 1 is 1.21 bits per heavy atom. The summed E-state index contributed by atoms with van der Waals surface area (Å²) in [6, 6.07) is 11.5. The van der Waals surface area contributed by atoms with E-state index in [0.29, 0.717) is 5.56 Å². The maximum atomic E-state index is 12.5. The van der Waals surface area contributed by atoms with Gasteiger partial charge in [0, 0.05) is 37.4 Å². The van der Waals surface area contributed by atoms with Crippen LogP contribution in [0.25, 0.3) is 11.1 Å². The Bertz CT molecular complexity index is 1280. The molecule has 1 aromatic carbocycles. The summed E-state index contributed by atoms with van der Waals surface area (Å²) in [5, 5.41) is 13.4. The third-order valence-electron chi connectivity index (χ3n) is 5.05. The Morgan fingerprint density at radius 2 is 2.06 bits per heavy atom. The van der Waals surface area contributed by atoms with Gasteiger partial charge >= 0.3 is 51.4 Å². The van der Waals surface area contributed by atoms with Crippen LogP contribution in [0, 0.1) is 13.1 Å². The van der Waals surface area contributed by atoms with E-state index in [9.17, 15) is 4.79 Å². The molecule has 0 radical (unpaired) electrons. The van der Waals surface area contributed by atoms with Crippen molar-refractivity contribution in [2.24, 2.45) is 7.05 Å². The molecule has 0 saturated carbocycles. The molecule has 4 rings (SSSR count). The number of hydrogen-bond acceptors (Lipinski definition) is 6. The molecule has 34 heavy (non-hydrogen) atoms. The van der Waals surface area contributed by atoms with E-state index in [4.69, 9.17) is 0 Å². The number of aromatic nitrogens is 4. The summed E-state index contributed by atoms with van der Waals surface area (Å²) in [7, 11) is 1.88. The fourth-order valence-corrected chi connectivity index (χ4v) is 3.30. The van der Waals surface area contributed by atoms with E-state index in [1.165, 1.54) is 0 Å². The average molecular weight is 479 g/mol. The van der Waals surface area contributed by atoms with Crippen LogP contribution in [-0.2, 0) is 7.05 Å². The molecular weight excluding hydrogens is 453 g/mol. The molecule has 0 saturated heterocycles. The molecule has 0 fully saturated rings. The molecular formula is C25H25KN7O-. The topological polar surface area (TPSA) is 96.8 Å². The standard InChI is InChI=1S/C25H25N7O.K/c1-17-9-21(13-26-12-17)25(33)31-23-6-4-5-19(10-23)18(2)27-7-8-28-24-11-20(14-29-24)22-15-30-32(3)16-22;/h4-6,8-16,18,27H,1-3H3,(H,28,29)(H,31,33);/q-2;+1. The van der Waals surface area contributed by atoms with Crippen molar-refractivity contribution in [2.75, 3.05) is 10.6 Å². The molecule has 3 heterocycles. The Balaban J connectivity index is 0.00000324. The largest absolute Gasteiger partial charge is 1.00 e. The first-order chi connectivity index (χ1) is 16.0. The number of hydrogen-bond donors (Lipinski definition) is 3. The molecule has 0 bridgehead atoms. The maximum absolute atomic E-state index is 12.5. The van der Waals surface area contributed by atoms with Gasteiger partial charge in [-0.15, -0.1) is 6.07 Å². The number of benzene rings is 1. The number of aryl methyl sites for hydroxylation is 2. The van der Waals surface area contributed by atoms with Crippen molar-refractivity contribution < 1.29 is 56.2 Å². The van der Waals surface area contributed by atoms with E-state index in [1.54, 1.807) is 35.7 Å². The molecule has 168 valence electrons. The smallest absolute Gasteiger partial charge is 0.560 e. The number of amides is 1. The van der Waals surface area contributed by atoms with Crippen LogP contribution in [-0.4, -0.2) is 25.7 Å². The predicted octanol–water partition coefficient (Wildman–Crippen LogP) is 1.20. The number of rotatable bonds is 8. The van der Waals surface area contributed by atoms with Crippen LogP contribution in [0.15, 0.2) is 73.6 Å². The summed E-state index contributed by atoms with van der Waals surface area (Å²) >= 11 is 0. The van der Waals surface area contributed by atoms with E-state index in [1.807, 2.05) is 63.5 Å². The van der Waals surface area contributed by atoms with Gasteiger partial charge in [0.25, 0.3) is 5.91 Å². The molecule has 0 spiro atoms. The summed E-state index contributed by atoms with van der Waals surface area (Å²) in [5.41, 5.74) is 5.22. The van der Waals surface area contributed by atoms with Crippen LogP contribution < -0.4 is 67.3 Å². The second kappa shape index (κ2) is 12.1. The van der Waals surface area contributed by atoms with E-state index in [-0.39, 0.29) is 63.3 Å². The number of anilines is 2. The zero-order valence-electron chi connectivity index (χ0n) is 19.7. The number of carbonyl (C=O) groups is 1. The van der Waals surface area contributed by atoms with Crippen LogP contribution >= 0.6 is 0 Å². The molecule has 8 nitrogen and oxygen atoms in total. The fourth-order valence-electron chi connectivity index (χ4n) is 3.30. The van der Waals surface area contributed by atoms with Crippen molar-refractivity contribution in [3.8, 4) is 11.1 Å². The summed E-state index contributed by atoms with van der Waals surface area (Å²) in [6.45, 7) is 3.93. The number of nitrogens with one attached hydrogen (secondary N) is 3. The van der Waals surface area contributed by atoms with Crippen LogP contribution in [0.4, 0.5) is 11.5 Å². The van der Waals surface area contributed by atoms with E-state index in [0.717, 1.165) is 33.8 Å². The second-order valence-corrected chi connectivity index (χ2v) is 7.78. The molecule has 0 aliphatic heterocycles. The van der Waals surface area contributed by atoms with Gasteiger partial charge in [0.1, 0.15) is 0 Å². The minimum atomic E-state index is -0.188. The van der Waals surface area contributed by atoms with Gasteiger partial charge in [-0.3, -0.25) is 14.5 Å². The monoisotopic (exact) mass is 478 g/mol. The van der Waals surface area contributed by atoms with Gasteiger partial charge in [0.05, 0.1) is 11.4 Å². The quantitative estimate of drug-likeness (QED) is 0.200. The number of pyridine rings is 1. The third-order valence-corrected chi connectivity index (χ3v) is 5.05. The molecule has 0 aliphatic carbocycles. The maximum Gasteiger partial charge on any atom is 1.00 e. The SMILES string of the molecule is Cc1cncc(C(=O)Nc2cccc(C(C)N[C-]=CNc3[cH-]c(-c4cnn(C)c4)cn3)c2)c1.[K+]. The Morgan fingerprint density at radius 3 is 2.82 bits per heavy atom. The first kappa shape index (κ1) is 25.9. The van der Waals surface area contributed by atoms with Gasteiger partial charge in [0.15, 0.2) is 0 Å². The van der Waals surface area contributed by atoms with Crippen LogP contribution in [0.5, 0.6) is 0 Å². The Labute approximate surface area is 241 Å². The normalized spacial score (nSPS) is 11.6. The average Bonchev–Trinajstić information content (AvgIpc) is 3.45. The first-order valence-electron chi connectivity index (χ1n) is 10.5. The first-order valence-corrected chi connectivity index (χ1v) is 10.5. The fraction of sp³-hybridized carbons (Fsp3) is 0.160. The van der Waals surface area contributed by atoms with Crippen LogP contribution in [0.2, 0.25) is 0 Å². The van der Waals surface area contributed by atoms with Gasteiger partial charge in [-0.1, -0.05) is 23.9 Å². The second-order valence-electron chi connectivity index (χ2n) is 7.78. The number of carbonyl (C=O) groups excluding carboxylic acids is 1. The third kappa shape index (κ3) is 6.91. The van der Waals surface area contributed by atoms with Crippen molar-refractivity contribution >= 4 is 17.4 Å². The Kier molecular flexibility index (Phi) is 9.25. The zero-order chi connectivity index (χ0) is 23.2. The Hall–Kier alpha value is -2.69. The summed E-state index contributed by atoms with van der Waals surface area (Å²) in [5.74, 6) is 0.540. The van der Waals surface area contributed by atoms with Gasteiger partial charge in [-0.25, -0.2) is 0 Å². The molecule has 3 N–H and O–H groups in total. The summed E-state index contributed by atoms with van der Waals surface area (Å²) in [6.07, 6.45) is 13.6. The number of nitrogens with zero attached hydrogens (tertiary/aromatic N) is 4. The van der Waals surface area contributed by atoms with Crippen molar-refractivity contribution in [1.82, 2.24) is 25.1 Å². The van der Waals surface area contributed by atoms with E-state index < -0.39 is 0 Å². The van der Waals surface area contributed by atoms with Gasteiger partial charge in [-0.2, -0.15) is 16.9 Å². The van der Waals surface area contributed by atoms with Crippen molar-refractivity contribution in [3.05, 3.63) is 96.5 Å². The van der Waals surface area contributed by atoms with Gasteiger partial charge < -0.3 is 27.1 Å². The van der Waals surface area contributed by atoms with Gasteiger partial charge in [-0.05, 0) is 49.4 Å². The minimum Gasteiger partial charge on any atom is -0.560 e. The van der Waals surface area contributed by atoms with E-state index >= 15 is 0 Å². The van der Waals surface area contributed by atoms with Crippen LogP contribution in [0.1, 0.15) is 34.5 Å². The molecule has 9 heteroatoms. The van der Waals surface area contributed by atoms with Crippen molar-refractivity contribution in [3.63, 3.8) is 0 Å². The molecule has 0 aliphatic rings. The van der Waals surface area contributed by atoms with Crippen molar-refractivity contribution in [1.29, 1.82) is 0 Å². The predicted molar refractivity (Wildman–Crippen MR) is 128 cm³/mol. The van der Waals surface area contributed by atoms with Gasteiger partial charge in [0.2, 0.25) is 0 Å². The zero-order valence-corrected chi connectivity index (χ0v) is 22.8. The minimum absolute atomic E-state index is 0. The summed E-state index contributed by atoms with van der Waals surface area (Å²) < 4.78 is 1.76. The summed E-state index contributed by atoms with van der Waals surface area (Å²) in [4.78, 5) is 20.9. The van der Waals surface area contributed by atoms with Crippen LogP contribution in [0.3, 0.4) is 0 Å². The van der Waals surface area contributed by atoms with Crippen molar-refractivity contribution in [2.45, 2.75) is 19.9 Å². The molecule has 3 aromatic heterocycles. The molecule has 4 aromatic rings. The molecule has 1 atom stereocenters. The van der Waals surface area contributed by atoms with E-state index in [2.05, 4.69) is 37.2 Å². The molecule has 1 unspecified atom stereocenters.